The lowest BCUT2D eigenvalue weighted by Gasteiger charge is -2.15. The van der Waals surface area contributed by atoms with Gasteiger partial charge >= 0.3 is 5.97 Å². The largest absolute Gasteiger partial charge is 0.480 e. The lowest BCUT2D eigenvalue weighted by Crippen LogP contribution is -2.33. The molecule has 3 N–H and O–H groups in total. The normalized spacial score (nSPS) is 11.9. The Balaban J connectivity index is 3.05. The van der Waals surface area contributed by atoms with Crippen molar-refractivity contribution in [2.24, 2.45) is 5.73 Å². The second kappa shape index (κ2) is 5.85. The van der Waals surface area contributed by atoms with E-state index < -0.39 is 18.0 Å². The molecule has 0 heterocycles. The van der Waals surface area contributed by atoms with Crippen molar-refractivity contribution in [2.45, 2.75) is 19.4 Å². The van der Waals surface area contributed by atoms with Crippen LogP contribution in [0.15, 0.2) is 18.2 Å². The Morgan fingerprint density at radius 1 is 1.53 bits per heavy atom. The lowest BCUT2D eigenvalue weighted by molar-refractivity contribution is -0.124. The quantitative estimate of drug-likeness (QED) is 0.791. The molecule has 0 radical (unpaired) electrons. The molecule has 0 fully saturated rings. The highest BCUT2D eigenvalue weighted by Gasteiger charge is 2.19. The van der Waals surface area contributed by atoms with E-state index in [2.05, 4.69) is 0 Å². The van der Waals surface area contributed by atoms with Gasteiger partial charge in [0.2, 0.25) is 0 Å². The summed E-state index contributed by atoms with van der Waals surface area (Å²) >= 11 is 2.00. The van der Waals surface area contributed by atoms with E-state index in [1.165, 1.54) is 12.1 Å². The molecule has 1 aromatic carbocycles. The molecule has 0 aliphatic rings. The van der Waals surface area contributed by atoms with Gasteiger partial charge in [-0.3, -0.25) is 4.79 Å². The molecule has 92 valence electrons. The molecule has 1 aromatic rings. The Hall–Kier alpha value is -1.31. The summed E-state index contributed by atoms with van der Waals surface area (Å²) in [4.78, 5) is 22.0. The van der Waals surface area contributed by atoms with Crippen LogP contribution in [-0.4, -0.2) is 23.1 Å². The van der Waals surface area contributed by atoms with E-state index in [-0.39, 0.29) is 11.3 Å². The minimum absolute atomic E-state index is 0.0246. The van der Waals surface area contributed by atoms with E-state index >= 15 is 0 Å². The summed E-state index contributed by atoms with van der Waals surface area (Å²) in [7, 11) is 0. The van der Waals surface area contributed by atoms with Crippen LogP contribution in [0.5, 0.6) is 5.75 Å². The fraction of sp³-hybridized carbons (Fsp3) is 0.273. The fourth-order valence-electron chi connectivity index (χ4n) is 1.27. The zero-order chi connectivity index (χ0) is 13.0. The number of amides is 1. The topological polar surface area (TPSA) is 89.6 Å². The van der Waals surface area contributed by atoms with Crippen LogP contribution in [-0.2, 0) is 4.79 Å². The summed E-state index contributed by atoms with van der Waals surface area (Å²) in [6, 6.07) is 4.71. The van der Waals surface area contributed by atoms with Gasteiger partial charge in [0, 0.05) is 3.57 Å². The number of hydrogen-bond acceptors (Lipinski definition) is 3. The predicted molar refractivity (Wildman–Crippen MR) is 70.0 cm³/mol. The van der Waals surface area contributed by atoms with Gasteiger partial charge in [0.1, 0.15) is 11.3 Å². The lowest BCUT2D eigenvalue weighted by atomic mass is 10.2. The second-order valence-corrected chi connectivity index (χ2v) is 4.61. The number of rotatable bonds is 5. The van der Waals surface area contributed by atoms with E-state index in [9.17, 15) is 9.59 Å². The van der Waals surface area contributed by atoms with Gasteiger partial charge in [-0.2, -0.15) is 0 Å². The number of ether oxygens (including phenoxy) is 1. The highest BCUT2D eigenvalue weighted by atomic mass is 127. The Morgan fingerprint density at radius 3 is 2.65 bits per heavy atom. The highest BCUT2D eigenvalue weighted by molar-refractivity contribution is 14.1. The average molecular weight is 349 g/mol. The van der Waals surface area contributed by atoms with Gasteiger partial charge in [-0.1, -0.05) is 6.92 Å². The zero-order valence-electron chi connectivity index (χ0n) is 9.14. The molecule has 1 atom stereocenters. The smallest absolute Gasteiger partial charge is 0.339 e. The molecule has 0 saturated heterocycles. The van der Waals surface area contributed by atoms with Crippen molar-refractivity contribution < 1.29 is 19.4 Å². The van der Waals surface area contributed by atoms with Crippen LogP contribution in [0.1, 0.15) is 23.7 Å². The van der Waals surface area contributed by atoms with Crippen LogP contribution < -0.4 is 10.5 Å². The number of carbonyl (C=O) groups is 2. The molecule has 0 spiro atoms. The summed E-state index contributed by atoms with van der Waals surface area (Å²) in [5.41, 5.74) is 5.16. The summed E-state index contributed by atoms with van der Waals surface area (Å²) < 4.78 is 6.09. The van der Waals surface area contributed by atoms with Crippen LogP contribution >= 0.6 is 22.6 Å². The van der Waals surface area contributed by atoms with E-state index in [4.69, 9.17) is 15.6 Å². The predicted octanol–water partition coefficient (Wildman–Crippen LogP) is 1.63. The van der Waals surface area contributed by atoms with Crippen molar-refractivity contribution in [3.63, 3.8) is 0 Å². The summed E-state index contributed by atoms with van der Waals surface area (Å²) in [5.74, 6) is -1.55. The van der Waals surface area contributed by atoms with Crippen molar-refractivity contribution in [1.82, 2.24) is 0 Å². The number of carboxylic acids is 1. The number of carbonyl (C=O) groups excluding carboxylic acids is 1. The van der Waals surface area contributed by atoms with Crippen LogP contribution in [0.25, 0.3) is 0 Å². The van der Waals surface area contributed by atoms with Crippen LogP contribution in [0.2, 0.25) is 0 Å². The molecular weight excluding hydrogens is 337 g/mol. The average Bonchev–Trinajstić information content (AvgIpc) is 2.26. The number of nitrogens with two attached hydrogens (primary N) is 1. The molecule has 0 aromatic heterocycles. The number of carboxylic acid groups (broad SMARTS) is 1. The maximum atomic E-state index is 11.0. The molecule has 17 heavy (non-hydrogen) atoms. The molecule has 0 aliphatic heterocycles. The van der Waals surface area contributed by atoms with Crippen LogP contribution in [0.3, 0.4) is 0 Å². The van der Waals surface area contributed by atoms with Gasteiger partial charge < -0.3 is 15.6 Å². The second-order valence-electron chi connectivity index (χ2n) is 3.36. The first-order valence-corrected chi connectivity index (χ1v) is 6.02. The van der Waals surface area contributed by atoms with E-state index in [0.29, 0.717) is 6.42 Å². The SMILES string of the molecule is CCC(Oc1ccc(I)cc1C(=O)O)C(N)=O. The van der Waals surface area contributed by atoms with Gasteiger partial charge in [-0.15, -0.1) is 0 Å². The van der Waals surface area contributed by atoms with Gasteiger partial charge in [-0.25, -0.2) is 4.79 Å². The number of hydrogen-bond donors (Lipinski definition) is 2. The van der Waals surface area contributed by atoms with Crippen molar-refractivity contribution in [1.29, 1.82) is 0 Å². The van der Waals surface area contributed by atoms with Gasteiger partial charge in [0.25, 0.3) is 5.91 Å². The maximum absolute atomic E-state index is 11.0. The van der Waals surface area contributed by atoms with Crippen molar-refractivity contribution in [3.05, 3.63) is 27.3 Å². The fourth-order valence-corrected chi connectivity index (χ4v) is 1.76. The molecule has 0 saturated carbocycles. The van der Waals surface area contributed by atoms with Crippen LogP contribution in [0, 0.1) is 3.57 Å². The zero-order valence-corrected chi connectivity index (χ0v) is 11.3. The van der Waals surface area contributed by atoms with Crippen LogP contribution in [0.4, 0.5) is 0 Å². The molecule has 0 aliphatic carbocycles. The van der Waals surface area contributed by atoms with Gasteiger partial charge in [-0.05, 0) is 47.2 Å². The minimum atomic E-state index is -1.10. The summed E-state index contributed by atoms with van der Waals surface area (Å²) in [6.45, 7) is 1.74. The molecule has 1 rings (SSSR count). The first kappa shape index (κ1) is 13.8. The Morgan fingerprint density at radius 2 is 2.18 bits per heavy atom. The molecule has 1 amide bonds. The summed E-state index contributed by atoms with van der Waals surface area (Å²) in [6.07, 6.45) is -0.423. The number of aromatic carboxylic acids is 1. The molecule has 1 unspecified atom stereocenters. The number of primary amides is 1. The molecule has 0 bridgehead atoms. The number of benzene rings is 1. The van der Waals surface area contributed by atoms with E-state index in [1.807, 2.05) is 22.6 Å². The third-order valence-electron chi connectivity index (χ3n) is 2.13. The maximum Gasteiger partial charge on any atom is 0.339 e. The minimum Gasteiger partial charge on any atom is -0.480 e. The molecule has 5 nitrogen and oxygen atoms in total. The first-order chi connectivity index (χ1) is 7.95. The Kier molecular flexibility index (Phi) is 4.73. The Labute approximate surface area is 112 Å². The third kappa shape index (κ3) is 3.58. The van der Waals surface area contributed by atoms with Crippen molar-refractivity contribution in [2.75, 3.05) is 0 Å². The highest BCUT2D eigenvalue weighted by Crippen LogP contribution is 2.23. The van der Waals surface area contributed by atoms with Gasteiger partial charge in [0.05, 0.1) is 0 Å². The monoisotopic (exact) mass is 349 g/mol. The first-order valence-electron chi connectivity index (χ1n) is 4.94. The third-order valence-corrected chi connectivity index (χ3v) is 2.80. The standard InChI is InChI=1S/C11H12INO4/c1-2-8(10(13)14)17-9-4-3-6(12)5-7(9)11(15)16/h3-5,8H,2H2,1H3,(H2,13,14)(H,15,16). The van der Waals surface area contributed by atoms with E-state index in [1.54, 1.807) is 13.0 Å². The van der Waals surface area contributed by atoms with Gasteiger partial charge in [0.15, 0.2) is 6.10 Å². The molecular formula is C11H12INO4. The summed E-state index contributed by atoms with van der Waals surface area (Å²) in [5, 5.41) is 9.01. The van der Waals surface area contributed by atoms with Crippen molar-refractivity contribution >= 4 is 34.5 Å². The Bertz CT molecular complexity index is 447. The van der Waals surface area contributed by atoms with Crippen molar-refractivity contribution in [3.8, 4) is 5.75 Å². The molecule has 6 heteroatoms. The van der Waals surface area contributed by atoms with E-state index in [0.717, 1.165) is 3.57 Å². The number of halogens is 1.